The molecule has 1 atom stereocenters. The van der Waals surface area contributed by atoms with Gasteiger partial charge in [0.1, 0.15) is 5.02 Å². The molecule has 0 saturated heterocycles. The number of carbonyl (C=O) groups is 1. The Kier molecular flexibility index (Phi) is 3.66. The molecular weight excluding hydrogens is 241 g/mol. The number of rotatable bonds is 3. The van der Waals surface area contributed by atoms with Gasteiger partial charge in [0, 0.05) is 6.07 Å². The van der Waals surface area contributed by atoms with Gasteiger partial charge >= 0.3 is 0 Å². The first-order valence-electron chi connectivity index (χ1n) is 4.06. The van der Waals surface area contributed by atoms with Crippen LogP contribution in [0.5, 0.6) is 0 Å². The van der Waals surface area contributed by atoms with E-state index in [1.807, 2.05) is 0 Å². The predicted molar refractivity (Wildman–Crippen MR) is 57.4 cm³/mol. The molecule has 0 unspecified atom stereocenters. The van der Waals surface area contributed by atoms with Crippen molar-refractivity contribution in [2.24, 2.45) is 0 Å². The zero-order valence-electron chi connectivity index (χ0n) is 7.74. The number of nitro benzene ring substituents is 1. The number of halogens is 2. The second-order valence-electron chi connectivity index (χ2n) is 2.99. The monoisotopic (exact) mass is 247 g/mol. The lowest BCUT2D eigenvalue weighted by Crippen LogP contribution is -2.02. The Bertz CT molecular complexity index is 420. The van der Waals surface area contributed by atoms with Crippen LogP contribution < -0.4 is 0 Å². The van der Waals surface area contributed by atoms with Gasteiger partial charge in [-0.2, -0.15) is 0 Å². The van der Waals surface area contributed by atoms with E-state index in [0.717, 1.165) is 0 Å². The van der Waals surface area contributed by atoms with Crippen molar-refractivity contribution in [3.05, 3.63) is 38.9 Å². The lowest BCUT2D eigenvalue weighted by atomic mass is 10.0. The Hall–Kier alpha value is -1.13. The molecule has 0 fully saturated rings. The number of nitro groups is 1. The highest BCUT2D eigenvalue weighted by Gasteiger charge is 2.18. The van der Waals surface area contributed by atoms with Crippen molar-refractivity contribution in [2.75, 3.05) is 0 Å². The average molecular weight is 248 g/mol. The first kappa shape index (κ1) is 11.9. The minimum absolute atomic E-state index is 0.0398. The van der Waals surface area contributed by atoms with E-state index in [0.29, 0.717) is 5.56 Å². The average Bonchev–Trinajstić information content (AvgIpc) is 2.16. The molecule has 1 aromatic carbocycles. The Morgan fingerprint density at radius 3 is 2.60 bits per heavy atom. The Balaban J connectivity index is 3.18. The summed E-state index contributed by atoms with van der Waals surface area (Å²) in [6, 6.07) is 4.18. The van der Waals surface area contributed by atoms with E-state index in [-0.39, 0.29) is 10.7 Å². The molecule has 1 aromatic rings. The summed E-state index contributed by atoms with van der Waals surface area (Å²) in [5, 5.41) is 10.0. The second kappa shape index (κ2) is 4.59. The maximum atomic E-state index is 10.9. The summed E-state index contributed by atoms with van der Waals surface area (Å²) in [5.41, 5.74) is 0.255. The zero-order valence-corrected chi connectivity index (χ0v) is 9.25. The van der Waals surface area contributed by atoms with Crippen molar-refractivity contribution in [1.29, 1.82) is 0 Å². The molecule has 0 spiro atoms. The Morgan fingerprint density at radius 2 is 2.13 bits per heavy atom. The number of carbonyl (C=O) groups excluding carboxylic acids is 1. The minimum atomic E-state index is -0.600. The van der Waals surface area contributed by atoms with E-state index in [9.17, 15) is 14.9 Å². The highest BCUT2D eigenvalue weighted by Crippen LogP contribution is 2.29. The minimum Gasteiger partial charge on any atom is -0.281 e. The molecule has 15 heavy (non-hydrogen) atoms. The summed E-state index contributed by atoms with van der Waals surface area (Å²) in [5.74, 6) is -0.581. The number of hydrogen-bond donors (Lipinski definition) is 0. The molecule has 0 saturated carbocycles. The number of benzene rings is 1. The van der Waals surface area contributed by atoms with Crippen molar-refractivity contribution in [3.63, 3.8) is 0 Å². The summed E-state index contributed by atoms with van der Waals surface area (Å²) in [7, 11) is 0. The molecule has 0 aliphatic carbocycles. The van der Waals surface area contributed by atoms with Crippen LogP contribution in [-0.4, -0.2) is 10.2 Å². The highest BCUT2D eigenvalue weighted by molar-refractivity contribution is 6.64. The van der Waals surface area contributed by atoms with Gasteiger partial charge in [0.15, 0.2) is 0 Å². The molecule has 1 rings (SSSR count). The fraction of sp³-hybridized carbons (Fsp3) is 0.222. The van der Waals surface area contributed by atoms with Crippen LogP contribution in [0.15, 0.2) is 18.2 Å². The Labute approximate surface area is 95.9 Å². The summed E-state index contributed by atoms with van der Waals surface area (Å²) in [6.45, 7) is 1.57. The van der Waals surface area contributed by atoms with Gasteiger partial charge in [0.05, 0.1) is 10.8 Å². The first-order valence-corrected chi connectivity index (χ1v) is 4.82. The van der Waals surface area contributed by atoms with Crippen LogP contribution >= 0.6 is 23.2 Å². The topological polar surface area (TPSA) is 60.2 Å². The van der Waals surface area contributed by atoms with E-state index >= 15 is 0 Å². The summed E-state index contributed by atoms with van der Waals surface area (Å²) in [6.07, 6.45) is 0. The fourth-order valence-corrected chi connectivity index (χ4v) is 1.38. The van der Waals surface area contributed by atoms with Gasteiger partial charge in [-0.1, -0.05) is 24.6 Å². The smallest absolute Gasteiger partial charge is 0.281 e. The van der Waals surface area contributed by atoms with Crippen LogP contribution in [0.2, 0.25) is 5.02 Å². The lowest BCUT2D eigenvalue weighted by Gasteiger charge is -2.06. The quantitative estimate of drug-likeness (QED) is 0.469. The molecule has 80 valence electrons. The van der Waals surface area contributed by atoms with Crippen molar-refractivity contribution in [1.82, 2.24) is 0 Å². The van der Waals surface area contributed by atoms with E-state index in [4.69, 9.17) is 23.2 Å². The molecule has 0 aromatic heterocycles. The van der Waals surface area contributed by atoms with Gasteiger partial charge in [-0.05, 0) is 23.2 Å². The molecule has 4 nitrogen and oxygen atoms in total. The largest absolute Gasteiger partial charge is 0.288 e. The van der Waals surface area contributed by atoms with E-state index in [1.165, 1.54) is 12.1 Å². The van der Waals surface area contributed by atoms with Gasteiger partial charge in [-0.15, -0.1) is 0 Å². The third kappa shape index (κ3) is 2.67. The molecule has 6 heteroatoms. The normalized spacial score (nSPS) is 12.2. The molecule has 0 amide bonds. The van der Waals surface area contributed by atoms with Crippen LogP contribution in [0, 0.1) is 10.1 Å². The molecule has 0 aliphatic rings. The molecule has 0 heterocycles. The van der Waals surface area contributed by atoms with E-state index < -0.39 is 16.1 Å². The fourth-order valence-electron chi connectivity index (χ4n) is 1.07. The molecule has 0 aliphatic heterocycles. The zero-order chi connectivity index (χ0) is 11.6. The van der Waals surface area contributed by atoms with E-state index in [1.54, 1.807) is 13.0 Å². The van der Waals surface area contributed by atoms with Crippen molar-refractivity contribution < 1.29 is 9.72 Å². The molecule has 0 bridgehead atoms. The van der Waals surface area contributed by atoms with Crippen molar-refractivity contribution in [3.8, 4) is 0 Å². The SMILES string of the molecule is C[C@@H](C(=O)Cl)c1ccc(Cl)c([N+](=O)[O-])c1. The molecule has 0 radical (unpaired) electrons. The maximum absolute atomic E-state index is 10.9. The number of hydrogen-bond acceptors (Lipinski definition) is 3. The summed E-state index contributed by atoms with van der Waals surface area (Å²) in [4.78, 5) is 20.8. The molecule has 0 N–H and O–H groups in total. The van der Waals surface area contributed by atoms with Gasteiger partial charge in [-0.25, -0.2) is 0 Å². The lowest BCUT2D eigenvalue weighted by molar-refractivity contribution is -0.384. The van der Waals surface area contributed by atoms with Gasteiger partial charge in [-0.3, -0.25) is 14.9 Å². The highest BCUT2D eigenvalue weighted by atomic mass is 35.5. The number of nitrogens with zero attached hydrogens (tertiary/aromatic N) is 1. The van der Waals surface area contributed by atoms with Crippen molar-refractivity contribution in [2.45, 2.75) is 12.8 Å². The summed E-state index contributed by atoms with van der Waals surface area (Å²) >= 11 is 10.9. The standard InChI is InChI=1S/C9H7Cl2NO3/c1-5(9(11)13)6-2-3-7(10)8(4-6)12(14)15/h2-5H,1H3/t5-/m1/s1. The van der Waals surface area contributed by atoms with Crippen LogP contribution in [0.1, 0.15) is 18.4 Å². The third-order valence-electron chi connectivity index (χ3n) is 2.01. The maximum Gasteiger partial charge on any atom is 0.288 e. The van der Waals surface area contributed by atoms with E-state index in [2.05, 4.69) is 0 Å². The molecular formula is C9H7Cl2NO3. The third-order valence-corrected chi connectivity index (χ3v) is 2.65. The Morgan fingerprint density at radius 1 is 1.53 bits per heavy atom. The predicted octanol–water partition coefficient (Wildman–Crippen LogP) is 3.12. The van der Waals surface area contributed by atoms with Gasteiger partial charge < -0.3 is 0 Å². The van der Waals surface area contributed by atoms with Crippen LogP contribution in [0.3, 0.4) is 0 Å². The van der Waals surface area contributed by atoms with Crippen molar-refractivity contribution >= 4 is 34.1 Å². The first-order chi connectivity index (χ1) is 6.93. The second-order valence-corrected chi connectivity index (χ2v) is 3.77. The van der Waals surface area contributed by atoms with Crippen LogP contribution in [0.25, 0.3) is 0 Å². The van der Waals surface area contributed by atoms with Crippen LogP contribution in [0.4, 0.5) is 5.69 Å². The van der Waals surface area contributed by atoms with Crippen LogP contribution in [-0.2, 0) is 4.79 Å². The van der Waals surface area contributed by atoms with Gasteiger partial charge in [0.25, 0.3) is 5.69 Å². The van der Waals surface area contributed by atoms with Gasteiger partial charge in [0.2, 0.25) is 5.24 Å². The summed E-state index contributed by atoms with van der Waals surface area (Å²) < 4.78 is 0.